The molecule has 88 valence electrons. The van der Waals surface area contributed by atoms with Gasteiger partial charge in [0, 0.05) is 13.1 Å². The van der Waals surface area contributed by atoms with E-state index >= 15 is 0 Å². The summed E-state index contributed by atoms with van der Waals surface area (Å²) in [6.45, 7) is 6.40. The highest BCUT2D eigenvalue weighted by Crippen LogP contribution is 2.34. The van der Waals surface area contributed by atoms with Crippen molar-refractivity contribution in [1.82, 2.24) is 9.97 Å². The minimum Gasteiger partial charge on any atom is -0.355 e. The molecule has 0 unspecified atom stereocenters. The number of nitrogens with zero attached hydrogens (tertiary/aromatic N) is 3. The van der Waals surface area contributed by atoms with Crippen LogP contribution in [0.4, 0.5) is 11.8 Å². The lowest BCUT2D eigenvalue weighted by Gasteiger charge is -2.21. The maximum atomic E-state index is 6.09. The van der Waals surface area contributed by atoms with E-state index in [4.69, 9.17) is 17.4 Å². The van der Waals surface area contributed by atoms with Gasteiger partial charge in [-0.15, -0.1) is 0 Å². The molecule has 1 saturated heterocycles. The minimum absolute atomic E-state index is 0.310. The van der Waals surface area contributed by atoms with E-state index < -0.39 is 0 Å². The predicted molar refractivity (Wildman–Crippen MR) is 65.5 cm³/mol. The first-order valence-electron chi connectivity index (χ1n) is 5.26. The standard InChI is InChI=1S/C10H16ClN5/c1-10(2)3-4-16(6-10)8-7(11)5-13-9(14-8)15-12/h5H,3-4,6,12H2,1-2H3,(H,13,14,15). The van der Waals surface area contributed by atoms with E-state index in [1.54, 1.807) is 6.20 Å². The molecule has 0 amide bonds. The molecule has 0 atom stereocenters. The van der Waals surface area contributed by atoms with Crippen LogP contribution in [0.1, 0.15) is 20.3 Å². The van der Waals surface area contributed by atoms with Crippen molar-refractivity contribution in [2.24, 2.45) is 11.3 Å². The van der Waals surface area contributed by atoms with Gasteiger partial charge in [0.1, 0.15) is 5.02 Å². The summed E-state index contributed by atoms with van der Waals surface area (Å²) < 4.78 is 0. The Hall–Kier alpha value is -1.07. The predicted octanol–water partition coefficient (Wildman–Crippen LogP) is 1.65. The number of rotatable bonds is 2. The van der Waals surface area contributed by atoms with Crippen molar-refractivity contribution >= 4 is 23.4 Å². The molecule has 2 heterocycles. The average molecular weight is 242 g/mol. The maximum Gasteiger partial charge on any atom is 0.239 e. The van der Waals surface area contributed by atoms with Crippen LogP contribution in [-0.4, -0.2) is 23.1 Å². The Bertz CT molecular complexity index is 393. The third kappa shape index (κ3) is 2.20. The normalized spacial score (nSPS) is 18.9. The Morgan fingerprint density at radius 1 is 1.56 bits per heavy atom. The number of nitrogens with two attached hydrogens (primary N) is 1. The zero-order valence-corrected chi connectivity index (χ0v) is 10.3. The second-order valence-electron chi connectivity index (χ2n) is 4.85. The Kier molecular flexibility index (Phi) is 2.90. The van der Waals surface area contributed by atoms with Crippen molar-refractivity contribution < 1.29 is 0 Å². The van der Waals surface area contributed by atoms with Gasteiger partial charge in [-0.05, 0) is 11.8 Å². The Balaban J connectivity index is 2.27. The van der Waals surface area contributed by atoms with Crippen molar-refractivity contribution in [2.45, 2.75) is 20.3 Å². The molecule has 1 aliphatic heterocycles. The third-order valence-electron chi connectivity index (χ3n) is 2.83. The van der Waals surface area contributed by atoms with Gasteiger partial charge in [-0.3, -0.25) is 5.43 Å². The Labute approximate surface area is 100.0 Å². The fourth-order valence-corrected chi connectivity index (χ4v) is 2.15. The van der Waals surface area contributed by atoms with Crippen LogP contribution in [0.3, 0.4) is 0 Å². The van der Waals surface area contributed by atoms with Gasteiger partial charge in [0.15, 0.2) is 5.82 Å². The molecule has 0 radical (unpaired) electrons. The maximum absolute atomic E-state index is 6.09. The van der Waals surface area contributed by atoms with Crippen LogP contribution >= 0.6 is 11.6 Å². The van der Waals surface area contributed by atoms with E-state index in [9.17, 15) is 0 Å². The lowest BCUT2D eigenvalue weighted by Crippen LogP contribution is -2.24. The van der Waals surface area contributed by atoms with Crippen LogP contribution in [0.2, 0.25) is 5.02 Å². The van der Waals surface area contributed by atoms with Crippen molar-refractivity contribution in [3.63, 3.8) is 0 Å². The largest absolute Gasteiger partial charge is 0.355 e. The van der Waals surface area contributed by atoms with Gasteiger partial charge < -0.3 is 4.90 Å². The number of halogens is 1. The van der Waals surface area contributed by atoms with Gasteiger partial charge in [-0.2, -0.15) is 4.98 Å². The Morgan fingerprint density at radius 3 is 2.88 bits per heavy atom. The molecule has 0 bridgehead atoms. The summed E-state index contributed by atoms with van der Waals surface area (Å²) in [6, 6.07) is 0. The van der Waals surface area contributed by atoms with Gasteiger partial charge in [-0.25, -0.2) is 10.8 Å². The lowest BCUT2D eigenvalue weighted by molar-refractivity contribution is 0.418. The fraction of sp³-hybridized carbons (Fsp3) is 0.600. The molecule has 1 aromatic rings. The van der Waals surface area contributed by atoms with Crippen molar-refractivity contribution in [2.75, 3.05) is 23.4 Å². The van der Waals surface area contributed by atoms with E-state index in [1.165, 1.54) is 0 Å². The molecule has 0 saturated carbocycles. The first-order chi connectivity index (χ1) is 7.52. The summed E-state index contributed by atoms with van der Waals surface area (Å²) in [6.07, 6.45) is 2.71. The molecule has 1 fully saturated rings. The van der Waals surface area contributed by atoms with Gasteiger partial charge in [0.2, 0.25) is 5.95 Å². The second-order valence-corrected chi connectivity index (χ2v) is 5.25. The molecule has 0 aliphatic carbocycles. The van der Waals surface area contributed by atoms with Crippen LogP contribution in [0, 0.1) is 5.41 Å². The van der Waals surface area contributed by atoms with E-state index in [1.807, 2.05) is 0 Å². The van der Waals surface area contributed by atoms with Crippen LogP contribution in [-0.2, 0) is 0 Å². The van der Waals surface area contributed by atoms with Gasteiger partial charge >= 0.3 is 0 Å². The highest BCUT2D eigenvalue weighted by Gasteiger charge is 2.31. The Morgan fingerprint density at radius 2 is 2.31 bits per heavy atom. The SMILES string of the molecule is CC1(C)CCN(c2nc(NN)ncc2Cl)C1. The lowest BCUT2D eigenvalue weighted by atomic mass is 9.93. The highest BCUT2D eigenvalue weighted by atomic mass is 35.5. The molecule has 3 N–H and O–H groups in total. The van der Waals surface area contributed by atoms with Crippen molar-refractivity contribution in [3.8, 4) is 0 Å². The highest BCUT2D eigenvalue weighted by molar-refractivity contribution is 6.32. The quantitative estimate of drug-likeness (QED) is 0.609. The second kappa shape index (κ2) is 4.07. The summed E-state index contributed by atoms with van der Waals surface area (Å²) >= 11 is 6.09. The van der Waals surface area contributed by atoms with E-state index in [2.05, 4.69) is 34.1 Å². The van der Waals surface area contributed by atoms with Crippen molar-refractivity contribution in [3.05, 3.63) is 11.2 Å². The molecular weight excluding hydrogens is 226 g/mol. The topological polar surface area (TPSA) is 67.1 Å². The fourth-order valence-electron chi connectivity index (χ4n) is 1.94. The van der Waals surface area contributed by atoms with E-state index in [0.717, 1.165) is 25.3 Å². The first kappa shape index (κ1) is 11.4. The number of anilines is 2. The third-order valence-corrected chi connectivity index (χ3v) is 3.10. The summed E-state index contributed by atoms with van der Waals surface area (Å²) in [4.78, 5) is 10.4. The molecular formula is C10H16ClN5. The molecule has 0 spiro atoms. The van der Waals surface area contributed by atoms with Crippen LogP contribution in [0.25, 0.3) is 0 Å². The van der Waals surface area contributed by atoms with Crippen LogP contribution in [0.5, 0.6) is 0 Å². The average Bonchev–Trinajstić information content (AvgIpc) is 2.59. The number of aromatic nitrogens is 2. The molecule has 1 aliphatic rings. The van der Waals surface area contributed by atoms with Gasteiger partial charge in [-0.1, -0.05) is 25.4 Å². The first-order valence-corrected chi connectivity index (χ1v) is 5.64. The number of nitrogen functional groups attached to an aromatic ring is 1. The molecule has 6 heteroatoms. The zero-order chi connectivity index (χ0) is 11.8. The summed E-state index contributed by atoms with van der Waals surface area (Å²) in [5.41, 5.74) is 2.74. The van der Waals surface area contributed by atoms with Crippen molar-refractivity contribution in [1.29, 1.82) is 0 Å². The van der Waals surface area contributed by atoms with Gasteiger partial charge in [0.05, 0.1) is 6.20 Å². The molecule has 5 nitrogen and oxygen atoms in total. The van der Waals surface area contributed by atoms with E-state index in [-0.39, 0.29) is 0 Å². The number of hydrogen-bond donors (Lipinski definition) is 2. The van der Waals surface area contributed by atoms with Crippen LogP contribution in [0.15, 0.2) is 6.20 Å². The smallest absolute Gasteiger partial charge is 0.239 e. The summed E-state index contributed by atoms with van der Waals surface area (Å²) in [5.74, 6) is 6.44. The zero-order valence-electron chi connectivity index (χ0n) is 9.50. The number of hydrogen-bond acceptors (Lipinski definition) is 5. The minimum atomic E-state index is 0.310. The number of nitrogens with one attached hydrogen (secondary N) is 1. The molecule has 16 heavy (non-hydrogen) atoms. The summed E-state index contributed by atoms with van der Waals surface area (Å²) in [5, 5.41) is 0.566. The molecule has 1 aromatic heterocycles. The summed E-state index contributed by atoms with van der Waals surface area (Å²) in [7, 11) is 0. The molecule has 0 aromatic carbocycles. The number of hydrazine groups is 1. The monoisotopic (exact) mass is 241 g/mol. The molecule has 2 rings (SSSR count). The van der Waals surface area contributed by atoms with Gasteiger partial charge in [0.25, 0.3) is 0 Å². The van der Waals surface area contributed by atoms with Crippen LogP contribution < -0.4 is 16.2 Å². The van der Waals surface area contributed by atoms with E-state index in [0.29, 0.717) is 16.4 Å².